The van der Waals surface area contributed by atoms with Crippen molar-refractivity contribution in [2.45, 2.75) is 51.0 Å². The molecule has 0 spiro atoms. The van der Waals surface area contributed by atoms with Crippen LogP contribution in [0.3, 0.4) is 0 Å². The Labute approximate surface area is 90.8 Å². The normalized spacial score (nSPS) is 41.7. The van der Waals surface area contributed by atoms with Crippen LogP contribution in [0.2, 0.25) is 0 Å². The summed E-state index contributed by atoms with van der Waals surface area (Å²) in [4.78, 5) is 11.4. The van der Waals surface area contributed by atoms with Gasteiger partial charge in [-0.05, 0) is 37.5 Å². The van der Waals surface area contributed by atoms with E-state index in [1.165, 1.54) is 0 Å². The van der Waals surface area contributed by atoms with Gasteiger partial charge in [-0.15, -0.1) is 0 Å². The molecule has 1 N–H and O–H groups in total. The van der Waals surface area contributed by atoms with Gasteiger partial charge in [0, 0.05) is 6.61 Å². The largest absolute Gasteiger partial charge is 0.479 e. The minimum absolute atomic E-state index is 0.244. The summed E-state index contributed by atoms with van der Waals surface area (Å²) in [5.41, 5.74) is -0.833. The molecule has 86 valence electrons. The molecular formula is C12H20O3. The van der Waals surface area contributed by atoms with Crippen molar-refractivity contribution in [3.05, 3.63) is 0 Å². The molecule has 2 rings (SSSR count). The van der Waals surface area contributed by atoms with E-state index >= 15 is 0 Å². The summed E-state index contributed by atoms with van der Waals surface area (Å²) in [6.45, 7) is 2.87. The number of aliphatic carboxylic acids is 1. The Morgan fingerprint density at radius 3 is 2.47 bits per heavy atom. The second kappa shape index (κ2) is 4.12. The van der Waals surface area contributed by atoms with Gasteiger partial charge in [0.1, 0.15) is 0 Å². The van der Waals surface area contributed by atoms with Gasteiger partial charge in [0.15, 0.2) is 5.60 Å². The molecular weight excluding hydrogens is 192 g/mol. The summed E-state index contributed by atoms with van der Waals surface area (Å²) in [5, 5.41) is 9.36. The van der Waals surface area contributed by atoms with E-state index in [1.54, 1.807) is 0 Å². The number of carbonyl (C=O) groups is 1. The first kappa shape index (κ1) is 10.9. The molecule has 1 unspecified atom stereocenters. The van der Waals surface area contributed by atoms with E-state index in [2.05, 4.69) is 6.92 Å². The predicted octanol–water partition coefficient (Wildman–Crippen LogP) is 2.45. The number of ether oxygens (including phenoxy) is 1. The molecule has 0 aromatic rings. The number of hydrogen-bond acceptors (Lipinski definition) is 2. The average Bonchev–Trinajstić information content (AvgIpc) is 2.69. The van der Waals surface area contributed by atoms with Crippen LogP contribution in [-0.4, -0.2) is 23.3 Å². The number of carboxylic acid groups (broad SMARTS) is 1. The van der Waals surface area contributed by atoms with Gasteiger partial charge < -0.3 is 9.84 Å². The highest BCUT2D eigenvalue weighted by molar-refractivity contribution is 5.78. The van der Waals surface area contributed by atoms with Gasteiger partial charge in [0.25, 0.3) is 0 Å². The molecule has 1 saturated heterocycles. The lowest BCUT2D eigenvalue weighted by Crippen LogP contribution is -2.46. The lowest BCUT2D eigenvalue weighted by molar-refractivity contribution is -0.169. The number of rotatable bonds is 2. The molecule has 1 aliphatic carbocycles. The number of hydrogen-bond donors (Lipinski definition) is 1. The maximum absolute atomic E-state index is 11.4. The third-order valence-electron chi connectivity index (χ3n) is 4.09. The van der Waals surface area contributed by atoms with Crippen LogP contribution in [0.15, 0.2) is 0 Å². The van der Waals surface area contributed by atoms with E-state index in [1.807, 2.05) is 0 Å². The Kier molecular flexibility index (Phi) is 3.01. The van der Waals surface area contributed by atoms with Crippen molar-refractivity contribution < 1.29 is 14.6 Å². The van der Waals surface area contributed by atoms with Crippen LogP contribution in [0, 0.1) is 11.8 Å². The quantitative estimate of drug-likeness (QED) is 0.764. The van der Waals surface area contributed by atoms with E-state index in [0.717, 1.165) is 38.0 Å². The molecule has 15 heavy (non-hydrogen) atoms. The van der Waals surface area contributed by atoms with Crippen LogP contribution >= 0.6 is 0 Å². The highest BCUT2D eigenvalue weighted by Gasteiger charge is 2.49. The molecule has 3 heteroatoms. The zero-order valence-electron chi connectivity index (χ0n) is 9.37. The third kappa shape index (κ3) is 1.89. The SMILES string of the molecule is CC1CCC(C2(C(=O)O)CCCO2)CC1. The fourth-order valence-corrected chi connectivity index (χ4v) is 3.05. The summed E-state index contributed by atoms with van der Waals surface area (Å²) in [6, 6.07) is 0. The van der Waals surface area contributed by atoms with Crippen LogP contribution in [0.4, 0.5) is 0 Å². The number of carboxylic acids is 1. The van der Waals surface area contributed by atoms with Gasteiger partial charge in [-0.25, -0.2) is 4.79 Å². The first-order chi connectivity index (χ1) is 7.15. The average molecular weight is 212 g/mol. The monoisotopic (exact) mass is 212 g/mol. The minimum atomic E-state index is -0.833. The summed E-state index contributed by atoms with van der Waals surface area (Å²) >= 11 is 0. The van der Waals surface area contributed by atoms with Gasteiger partial charge >= 0.3 is 5.97 Å². The Morgan fingerprint density at radius 1 is 1.33 bits per heavy atom. The van der Waals surface area contributed by atoms with Crippen molar-refractivity contribution in [1.29, 1.82) is 0 Å². The van der Waals surface area contributed by atoms with Crippen LogP contribution in [0.5, 0.6) is 0 Å². The molecule has 0 radical (unpaired) electrons. The zero-order valence-corrected chi connectivity index (χ0v) is 9.37. The molecule has 1 atom stereocenters. The molecule has 2 fully saturated rings. The molecule has 1 saturated carbocycles. The van der Waals surface area contributed by atoms with Crippen LogP contribution in [0.25, 0.3) is 0 Å². The van der Waals surface area contributed by atoms with Gasteiger partial charge in [-0.1, -0.05) is 19.8 Å². The standard InChI is InChI=1S/C12H20O3/c1-9-3-5-10(6-4-9)12(11(13)14)7-2-8-15-12/h9-10H,2-8H2,1H3,(H,13,14). The van der Waals surface area contributed by atoms with Crippen LogP contribution in [-0.2, 0) is 9.53 Å². The Morgan fingerprint density at radius 2 is 2.00 bits per heavy atom. The van der Waals surface area contributed by atoms with Crippen molar-refractivity contribution in [3.8, 4) is 0 Å². The Bertz CT molecular complexity index is 235. The van der Waals surface area contributed by atoms with Crippen molar-refractivity contribution in [1.82, 2.24) is 0 Å². The molecule has 2 aliphatic rings. The van der Waals surface area contributed by atoms with E-state index in [0.29, 0.717) is 13.0 Å². The second-order valence-electron chi connectivity index (χ2n) is 5.10. The first-order valence-corrected chi connectivity index (χ1v) is 6.02. The molecule has 0 bridgehead atoms. The first-order valence-electron chi connectivity index (χ1n) is 6.02. The maximum atomic E-state index is 11.4. The van der Waals surface area contributed by atoms with Gasteiger partial charge in [-0.3, -0.25) is 0 Å². The highest BCUT2D eigenvalue weighted by atomic mass is 16.5. The Hall–Kier alpha value is -0.570. The van der Waals surface area contributed by atoms with Crippen LogP contribution < -0.4 is 0 Å². The van der Waals surface area contributed by atoms with Crippen LogP contribution in [0.1, 0.15) is 45.4 Å². The predicted molar refractivity (Wildman–Crippen MR) is 56.7 cm³/mol. The van der Waals surface area contributed by atoms with E-state index in [4.69, 9.17) is 4.74 Å². The van der Waals surface area contributed by atoms with Crippen molar-refractivity contribution in [3.63, 3.8) is 0 Å². The molecule has 1 heterocycles. The highest BCUT2D eigenvalue weighted by Crippen LogP contribution is 2.42. The molecule has 0 aromatic carbocycles. The van der Waals surface area contributed by atoms with E-state index in [9.17, 15) is 9.90 Å². The molecule has 0 aromatic heterocycles. The zero-order chi connectivity index (χ0) is 10.9. The van der Waals surface area contributed by atoms with Crippen molar-refractivity contribution in [2.24, 2.45) is 11.8 Å². The fourth-order valence-electron chi connectivity index (χ4n) is 3.05. The summed E-state index contributed by atoms with van der Waals surface area (Å²) in [7, 11) is 0. The van der Waals surface area contributed by atoms with Gasteiger partial charge in [0.05, 0.1) is 0 Å². The summed E-state index contributed by atoms with van der Waals surface area (Å²) < 4.78 is 5.58. The third-order valence-corrected chi connectivity index (χ3v) is 4.09. The van der Waals surface area contributed by atoms with E-state index in [-0.39, 0.29) is 5.92 Å². The van der Waals surface area contributed by atoms with Gasteiger partial charge in [0.2, 0.25) is 0 Å². The smallest absolute Gasteiger partial charge is 0.336 e. The molecule has 3 nitrogen and oxygen atoms in total. The lowest BCUT2D eigenvalue weighted by Gasteiger charge is -2.37. The molecule has 0 amide bonds. The maximum Gasteiger partial charge on any atom is 0.336 e. The summed E-state index contributed by atoms with van der Waals surface area (Å²) in [6.07, 6.45) is 5.97. The summed E-state index contributed by atoms with van der Waals surface area (Å²) in [5.74, 6) is 0.266. The van der Waals surface area contributed by atoms with Crippen molar-refractivity contribution >= 4 is 5.97 Å². The second-order valence-corrected chi connectivity index (χ2v) is 5.10. The Balaban J connectivity index is 2.08. The fraction of sp³-hybridized carbons (Fsp3) is 0.917. The minimum Gasteiger partial charge on any atom is -0.479 e. The molecule has 1 aliphatic heterocycles. The lowest BCUT2D eigenvalue weighted by atomic mass is 9.73. The van der Waals surface area contributed by atoms with Gasteiger partial charge in [-0.2, -0.15) is 0 Å². The topological polar surface area (TPSA) is 46.5 Å². The van der Waals surface area contributed by atoms with Crippen molar-refractivity contribution in [2.75, 3.05) is 6.61 Å². The van der Waals surface area contributed by atoms with E-state index < -0.39 is 11.6 Å².